The van der Waals surface area contributed by atoms with Crippen molar-refractivity contribution < 1.29 is 29.3 Å². The molecule has 36 heavy (non-hydrogen) atoms. The van der Waals surface area contributed by atoms with Crippen LogP contribution in [0.2, 0.25) is 0 Å². The van der Waals surface area contributed by atoms with Gasteiger partial charge in [0.15, 0.2) is 5.79 Å². The first-order valence-electron chi connectivity index (χ1n) is 12.7. The molecule has 6 heteroatoms. The summed E-state index contributed by atoms with van der Waals surface area (Å²) < 4.78 is 11.9. The van der Waals surface area contributed by atoms with Gasteiger partial charge in [-0.25, -0.2) is 4.79 Å². The largest absolute Gasteiger partial charge is 0.481 e. The molecule has 2 heterocycles. The first-order chi connectivity index (χ1) is 17.2. The van der Waals surface area contributed by atoms with Crippen LogP contribution >= 0.6 is 0 Å². The van der Waals surface area contributed by atoms with E-state index in [2.05, 4.69) is 31.2 Å². The number of ether oxygens (including phenoxy) is 2. The Kier molecular flexibility index (Phi) is 10.3. The van der Waals surface area contributed by atoms with Crippen LogP contribution in [-0.2, 0) is 25.5 Å². The van der Waals surface area contributed by atoms with Crippen molar-refractivity contribution in [2.24, 2.45) is 0 Å². The smallest absolute Gasteiger partial charge is 0.331 e. The molecule has 0 spiro atoms. The summed E-state index contributed by atoms with van der Waals surface area (Å²) in [5, 5.41) is 20.6. The van der Waals surface area contributed by atoms with Crippen LogP contribution in [0, 0.1) is 0 Å². The summed E-state index contributed by atoms with van der Waals surface area (Å²) in [7, 11) is 0. The fourth-order valence-corrected chi connectivity index (χ4v) is 4.70. The SMILES string of the molecule is CC(=CCc1ccccc1)CCC1(O)CC2CC(CC(C)=CCC=CCC(CC(=O)O)=CC(=O)O2)O1. The Hall–Kier alpha value is -2.96. The van der Waals surface area contributed by atoms with Crippen LogP contribution in [0.3, 0.4) is 0 Å². The summed E-state index contributed by atoms with van der Waals surface area (Å²) in [4.78, 5) is 23.9. The number of fused-ring (bicyclic) bond motifs is 2. The molecule has 2 bridgehead atoms. The third-order valence-electron chi connectivity index (χ3n) is 6.58. The number of allylic oxidation sites excluding steroid dienone is 5. The molecule has 0 aromatic heterocycles. The summed E-state index contributed by atoms with van der Waals surface area (Å²) in [5.41, 5.74) is 4.02. The molecule has 6 nitrogen and oxygen atoms in total. The van der Waals surface area contributed by atoms with Gasteiger partial charge < -0.3 is 19.7 Å². The van der Waals surface area contributed by atoms with Gasteiger partial charge in [0, 0.05) is 25.3 Å². The monoisotopic (exact) mass is 494 g/mol. The van der Waals surface area contributed by atoms with Crippen LogP contribution in [0.25, 0.3) is 0 Å². The van der Waals surface area contributed by atoms with E-state index >= 15 is 0 Å². The van der Waals surface area contributed by atoms with E-state index < -0.39 is 23.8 Å². The molecular weight excluding hydrogens is 456 g/mol. The molecule has 0 aliphatic carbocycles. The van der Waals surface area contributed by atoms with Crippen molar-refractivity contribution in [1.29, 1.82) is 0 Å². The minimum absolute atomic E-state index is 0.186. The van der Waals surface area contributed by atoms with Crippen molar-refractivity contribution in [2.45, 2.75) is 89.6 Å². The molecule has 0 amide bonds. The number of hydrogen-bond acceptors (Lipinski definition) is 5. The molecule has 3 rings (SSSR count). The molecule has 2 N–H and O–H groups in total. The number of hydrogen-bond donors (Lipinski definition) is 2. The molecule has 1 fully saturated rings. The van der Waals surface area contributed by atoms with E-state index in [1.807, 2.05) is 37.3 Å². The van der Waals surface area contributed by atoms with Crippen LogP contribution in [-0.4, -0.2) is 40.1 Å². The van der Waals surface area contributed by atoms with Gasteiger partial charge in [0.2, 0.25) is 0 Å². The topological polar surface area (TPSA) is 93.1 Å². The summed E-state index contributed by atoms with van der Waals surface area (Å²) in [6, 6.07) is 10.2. The summed E-state index contributed by atoms with van der Waals surface area (Å²) >= 11 is 0. The predicted octanol–water partition coefficient (Wildman–Crippen LogP) is 5.82. The Morgan fingerprint density at radius 3 is 2.72 bits per heavy atom. The molecule has 1 aromatic carbocycles. The molecule has 3 atom stereocenters. The number of carbonyl (C=O) groups is 2. The number of aliphatic hydroxyl groups is 1. The number of aliphatic carboxylic acids is 1. The number of carboxylic acid groups (broad SMARTS) is 1. The Bertz CT molecular complexity index is 1020. The highest BCUT2D eigenvalue weighted by Crippen LogP contribution is 2.35. The maximum absolute atomic E-state index is 12.6. The van der Waals surface area contributed by atoms with Gasteiger partial charge in [0.05, 0.1) is 12.5 Å². The third kappa shape index (κ3) is 9.59. The van der Waals surface area contributed by atoms with E-state index in [-0.39, 0.29) is 18.9 Å². The molecule has 3 unspecified atom stereocenters. The first kappa shape index (κ1) is 27.6. The van der Waals surface area contributed by atoms with Crippen molar-refractivity contribution >= 4 is 11.9 Å². The lowest BCUT2D eigenvalue weighted by atomic mass is 9.91. The zero-order chi connectivity index (χ0) is 26.0. The van der Waals surface area contributed by atoms with Crippen LogP contribution in [0.15, 0.2) is 77.4 Å². The van der Waals surface area contributed by atoms with Gasteiger partial charge in [-0.3, -0.25) is 4.79 Å². The highest BCUT2D eigenvalue weighted by molar-refractivity contribution is 5.84. The average Bonchev–Trinajstić information content (AvgIpc) is 2.80. The van der Waals surface area contributed by atoms with Gasteiger partial charge in [0.1, 0.15) is 6.10 Å². The molecule has 0 radical (unpaired) electrons. The maximum atomic E-state index is 12.6. The minimum Gasteiger partial charge on any atom is -0.481 e. The Balaban J connectivity index is 1.72. The van der Waals surface area contributed by atoms with Gasteiger partial charge in [-0.15, -0.1) is 0 Å². The standard InChI is InChI=1S/C30H38O6/c1-22(13-14-24-10-6-4-7-11-24)15-16-30(34)21-27-20-26(36-30)17-23(2)9-5-3-8-12-25(18-28(31)32)19-29(33)35-27/h3-4,6-11,13,19,26-27,34H,5,12,14-18,20-21H2,1-2H3,(H,31,32). The molecule has 2 aliphatic rings. The van der Waals surface area contributed by atoms with Gasteiger partial charge in [-0.1, -0.05) is 65.8 Å². The highest BCUT2D eigenvalue weighted by Gasteiger charge is 2.41. The summed E-state index contributed by atoms with van der Waals surface area (Å²) in [6.45, 7) is 4.09. The lowest BCUT2D eigenvalue weighted by molar-refractivity contribution is -0.275. The van der Waals surface area contributed by atoms with E-state index in [1.165, 1.54) is 11.6 Å². The molecule has 0 saturated carbocycles. The highest BCUT2D eigenvalue weighted by atomic mass is 16.6. The second kappa shape index (κ2) is 13.4. The third-order valence-corrected chi connectivity index (χ3v) is 6.58. The van der Waals surface area contributed by atoms with E-state index in [0.717, 1.165) is 17.6 Å². The second-order valence-corrected chi connectivity index (χ2v) is 9.96. The number of carboxylic acids is 1. The number of esters is 1. The summed E-state index contributed by atoms with van der Waals surface area (Å²) in [6.07, 6.45) is 12.7. The van der Waals surface area contributed by atoms with Gasteiger partial charge in [0.25, 0.3) is 0 Å². The predicted molar refractivity (Wildman–Crippen MR) is 139 cm³/mol. The number of benzene rings is 1. The van der Waals surface area contributed by atoms with Crippen molar-refractivity contribution in [3.8, 4) is 0 Å². The summed E-state index contributed by atoms with van der Waals surface area (Å²) in [5.74, 6) is -2.97. The van der Waals surface area contributed by atoms with Gasteiger partial charge in [-0.2, -0.15) is 0 Å². The van der Waals surface area contributed by atoms with Crippen LogP contribution in [0.5, 0.6) is 0 Å². The molecule has 1 saturated heterocycles. The van der Waals surface area contributed by atoms with Crippen molar-refractivity contribution in [3.63, 3.8) is 0 Å². The Morgan fingerprint density at radius 2 is 1.97 bits per heavy atom. The lowest BCUT2D eigenvalue weighted by Crippen LogP contribution is -2.47. The molecule has 1 aromatic rings. The van der Waals surface area contributed by atoms with Crippen LogP contribution in [0.4, 0.5) is 0 Å². The van der Waals surface area contributed by atoms with E-state index in [9.17, 15) is 19.8 Å². The number of carbonyl (C=O) groups excluding carboxylic acids is 1. The van der Waals surface area contributed by atoms with E-state index in [4.69, 9.17) is 9.47 Å². The Labute approximate surface area is 214 Å². The van der Waals surface area contributed by atoms with Crippen molar-refractivity contribution in [1.82, 2.24) is 0 Å². The maximum Gasteiger partial charge on any atom is 0.331 e. The number of rotatable bonds is 7. The molecule has 194 valence electrons. The zero-order valence-electron chi connectivity index (χ0n) is 21.3. The fraction of sp³-hybridized carbons (Fsp3) is 0.467. The molecular formula is C30H38O6. The van der Waals surface area contributed by atoms with Gasteiger partial charge in [-0.05, 0) is 57.1 Å². The molecule has 2 aliphatic heterocycles. The average molecular weight is 495 g/mol. The van der Waals surface area contributed by atoms with Crippen molar-refractivity contribution in [3.05, 3.63) is 83.0 Å². The van der Waals surface area contributed by atoms with Crippen LogP contribution < -0.4 is 0 Å². The lowest BCUT2D eigenvalue weighted by Gasteiger charge is -2.41. The van der Waals surface area contributed by atoms with Crippen molar-refractivity contribution in [2.75, 3.05) is 0 Å². The fourth-order valence-electron chi connectivity index (χ4n) is 4.70. The normalized spacial score (nSPS) is 25.9. The van der Waals surface area contributed by atoms with Crippen LogP contribution in [0.1, 0.15) is 70.8 Å². The quantitative estimate of drug-likeness (QED) is 0.366. The first-order valence-corrected chi connectivity index (χ1v) is 12.7. The zero-order valence-corrected chi connectivity index (χ0v) is 21.3. The van der Waals surface area contributed by atoms with E-state index in [1.54, 1.807) is 0 Å². The Morgan fingerprint density at radius 1 is 1.19 bits per heavy atom. The minimum atomic E-state index is -1.40. The van der Waals surface area contributed by atoms with Gasteiger partial charge >= 0.3 is 11.9 Å². The second-order valence-electron chi connectivity index (χ2n) is 9.96. The van der Waals surface area contributed by atoms with E-state index in [0.29, 0.717) is 44.1 Å².